The van der Waals surface area contributed by atoms with Crippen molar-refractivity contribution >= 4 is 27.8 Å². The zero-order valence-electron chi connectivity index (χ0n) is 5.99. The van der Waals surface area contributed by atoms with Gasteiger partial charge in [-0.3, -0.25) is 9.11 Å². The van der Waals surface area contributed by atoms with Crippen molar-refractivity contribution in [2.45, 2.75) is 0 Å². The van der Waals surface area contributed by atoms with Crippen LogP contribution in [0.4, 0.5) is 0 Å². The molecule has 0 atom stereocenters. The van der Waals surface area contributed by atoms with E-state index >= 15 is 0 Å². The van der Waals surface area contributed by atoms with Crippen LogP contribution in [-0.4, -0.2) is 50.9 Å². The number of hydrogen-bond donors (Lipinski definition) is 2. The molecule has 6 N–H and O–H groups in total. The molecule has 0 aliphatic heterocycles. The molecule has 0 aliphatic carbocycles. The monoisotopic (exact) mass is 344 g/mol. The van der Waals surface area contributed by atoms with Gasteiger partial charge in [-0.15, -0.1) is 0 Å². The molecule has 14 heavy (non-hydrogen) atoms. The van der Waals surface area contributed by atoms with E-state index in [-0.39, 0.29) is 61.9 Å². The fourth-order valence-corrected chi connectivity index (χ4v) is 0. The molecule has 0 spiro atoms. The van der Waals surface area contributed by atoms with Crippen LogP contribution in [0.2, 0.25) is 0 Å². The number of nitrogens with zero attached hydrogens (tertiary/aromatic N) is 1. The van der Waals surface area contributed by atoms with Gasteiger partial charge in [-0.1, -0.05) is 0 Å². The van der Waals surface area contributed by atoms with Crippen molar-refractivity contribution in [2.75, 3.05) is 0 Å². The third-order valence-corrected chi connectivity index (χ3v) is 0. The van der Waals surface area contributed by atoms with Crippen molar-refractivity contribution in [3.63, 3.8) is 0 Å². The van der Waals surface area contributed by atoms with Gasteiger partial charge in [0, 0.05) is 0 Å². The second-order valence-corrected chi connectivity index (χ2v) is 1.57. The normalized spacial score (nSPS) is 5.86. The van der Waals surface area contributed by atoms with Crippen molar-refractivity contribution in [1.29, 1.82) is 0 Å². The molecule has 14 heteroatoms. The standard InChI is InChI=1S/Al.Cu.NO3.Ni.H2O4S.2H2O/c;;2-1(3)4;;1-5(2,3)4;;/h;;;;(H2,1,2,3,4);2*1H2/q+3;+2;-1;+2;;;. The summed E-state index contributed by atoms with van der Waals surface area (Å²) in [6.07, 6.45) is 0. The summed E-state index contributed by atoms with van der Waals surface area (Å²) in [5.74, 6) is 0. The van der Waals surface area contributed by atoms with Crippen LogP contribution < -0.4 is 0 Å². The second-order valence-electron chi connectivity index (χ2n) is 0.671. The van der Waals surface area contributed by atoms with E-state index in [0.29, 0.717) is 0 Å². The van der Waals surface area contributed by atoms with Gasteiger partial charge < -0.3 is 26.3 Å². The maximum Gasteiger partial charge on any atom is 3.00 e. The Morgan fingerprint density at radius 3 is 1.07 bits per heavy atom. The molecule has 0 rings (SSSR count). The van der Waals surface area contributed by atoms with Crippen LogP contribution in [0, 0.1) is 15.3 Å². The molecule has 0 aliphatic rings. The van der Waals surface area contributed by atoms with E-state index in [0.717, 1.165) is 0 Å². The van der Waals surface area contributed by atoms with Gasteiger partial charge in [-0.25, -0.2) is 0 Å². The molecule has 0 bridgehead atoms. The van der Waals surface area contributed by atoms with E-state index in [1.54, 1.807) is 0 Å². The predicted molar refractivity (Wildman–Crippen MR) is 37.5 cm³/mol. The summed E-state index contributed by atoms with van der Waals surface area (Å²) in [7, 11) is -4.67. The molecule has 0 saturated carbocycles. The van der Waals surface area contributed by atoms with Gasteiger partial charge in [0.2, 0.25) is 0 Å². The van der Waals surface area contributed by atoms with E-state index in [9.17, 15) is 0 Å². The second kappa shape index (κ2) is 23.4. The smallest absolute Gasteiger partial charge is 0.412 e. The van der Waals surface area contributed by atoms with Crippen LogP contribution in [0.15, 0.2) is 0 Å². The Morgan fingerprint density at radius 2 is 1.07 bits per heavy atom. The fourth-order valence-electron chi connectivity index (χ4n) is 0. The van der Waals surface area contributed by atoms with Crippen molar-refractivity contribution < 1.29 is 67.1 Å². The van der Waals surface area contributed by atoms with E-state index in [1.807, 2.05) is 0 Å². The average Bonchev–Trinajstić information content (AvgIpc) is 1.19. The molecule has 0 unspecified atom stereocenters. The van der Waals surface area contributed by atoms with Gasteiger partial charge >= 0.3 is 61.3 Å². The van der Waals surface area contributed by atoms with Crippen LogP contribution in [0.5, 0.6) is 0 Å². The summed E-state index contributed by atoms with van der Waals surface area (Å²) in [4.78, 5) is 8.25. The van der Waals surface area contributed by atoms with E-state index in [1.165, 1.54) is 0 Å². The maximum atomic E-state index is 8.74. The summed E-state index contributed by atoms with van der Waals surface area (Å²) in [5.41, 5.74) is 0. The molecular weight excluding hydrogens is 339 g/mol. The third kappa shape index (κ3) is 5820. The SMILES string of the molecule is O.O.O=S(=O)(O)O.O=[N+]([O-])[O-].[Al+3].[Cu+2].[Ni+2]. The Kier molecular flexibility index (Phi) is 78.4. The maximum absolute atomic E-state index is 8.74. The topological polar surface area (TPSA) is 204 Å². The minimum Gasteiger partial charge on any atom is -0.412 e. The van der Waals surface area contributed by atoms with Crippen LogP contribution in [-0.2, 0) is 44.0 Å². The average molecular weight is 345 g/mol. The molecule has 0 aromatic heterocycles. The molecule has 89 valence electrons. The summed E-state index contributed by atoms with van der Waals surface area (Å²) in [6, 6.07) is 0. The first kappa shape index (κ1) is 46.9. The first-order chi connectivity index (χ1) is 3.73. The summed E-state index contributed by atoms with van der Waals surface area (Å²) < 4.78 is 31.6. The summed E-state index contributed by atoms with van der Waals surface area (Å²) in [6.45, 7) is 0. The summed E-state index contributed by atoms with van der Waals surface area (Å²) in [5, 5.41) is 14.8. The molecule has 0 aromatic rings. The van der Waals surface area contributed by atoms with Crippen LogP contribution in [0.3, 0.4) is 0 Å². The van der Waals surface area contributed by atoms with E-state index in [2.05, 4.69) is 0 Å². The van der Waals surface area contributed by atoms with Crippen LogP contribution in [0.1, 0.15) is 0 Å². The van der Waals surface area contributed by atoms with Gasteiger partial charge in [0.05, 0.1) is 5.09 Å². The quantitative estimate of drug-likeness (QED) is 0.202. The van der Waals surface area contributed by atoms with Crippen molar-refractivity contribution in [2.24, 2.45) is 0 Å². The number of rotatable bonds is 0. The first-order valence-electron chi connectivity index (χ1n) is 1.25. The largest absolute Gasteiger partial charge is 3.00 e. The van der Waals surface area contributed by atoms with Crippen molar-refractivity contribution in [3.8, 4) is 0 Å². The molecule has 0 aromatic carbocycles. The molecule has 0 fully saturated rings. The molecular formula is H6AlCuNNiO9S+6. The van der Waals surface area contributed by atoms with Gasteiger partial charge in [0.1, 0.15) is 0 Å². The van der Waals surface area contributed by atoms with Gasteiger partial charge in [-0.05, 0) is 0 Å². The third-order valence-electron chi connectivity index (χ3n) is 0. The van der Waals surface area contributed by atoms with Gasteiger partial charge in [0.25, 0.3) is 0 Å². The predicted octanol–water partition coefficient (Wildman–Crippen LogP) is -2.93. The van der Waals surface area contributed by atoms with Crippen molar-refractivity contribution in [1.82, 2.24) is 0 Å². The van der Waals surface area contributed by atoms with E-state index < -0.39 is 15.5 Å². The first-order valence-corrected chi connectivity index (χ1v) is 2.64. The molecule has 0 amide bonds. The van der Waals surface area contributed by atoms with Crippen LogP contribution >= 0.6 is 0 Å². The van der Waals surface area contributed by atoms with E-state index in [4.69, 9.17) is 32.8 Å². The van der Waals surface area contributed by atoms with Crippen molar-refractivity contribution in [3.05, 3.63) is 15.3 Å². The number of hydrogen-bond acceptors (Lipinski definition) is 5. The zero-order valence-corrected chi connectivity index (χ0v) is 9.89. The van der Waals surface area contributed by atoms with Crippen LogP contribution in [0.25, 0.3) is 0 Å². The van der Waals surface area contributed by atoms with Gasteiger partial charge in [0.15, 0.2) is 0 Å². The molecule has 0 saturated heterocycles. The Morgan fingerprint density at radius 1 is 1.07 bits per heavy atom. The Hall–Kier alpha value is 0.535. The summed E-state index contributed by atoms with van der Waals surface area (Å²) >= 11 is 0. The Labute approximate surface area is 110 Å². The Bertz CT molecular complexity index is 167. The van der Waals surface area contributed by atoms with Gasteiger partial charge in [-0.2, -0.15) is 8.42 Å². The fraction of sp³-hybridized carbons (Fsp3) is 0. The minimum atomic E-state index is -4.67. The zero-order chi connectivity index (χ0) is 8.08. The molecule has 0 heterocycles. The molecule has 10 nitrogen and oxygen atoms in total. The minimum absolute atomic E-state index is 0. The Balaban J connectivity index is -0.0000000104. The molecule has 1 radical (unpaired) electrons.